The molecular formula is C21H16N2O4S. The molecule has 6 nitrogen and oxygen atoms in total. The highest BCUT2D eigenvalue weighted by Crippen LogP contribution is 2.27. The van der Waals surface area contributed by atoms with Gasteiger partial charge in [0.15, 0.2) is 0 Å². The third kappa shape index (κ3) is 3.44. The van der Waals surface area contributed by atoms with Gasteiger partial charge < -0.3 is 4.74 Å². The largest absolute Gasteiger partial charge is 0.426 e. The molecule has 0 saturated carbocycles. The van der Waals surface area contributed by atoms with Crippen LogP contribution in [0.1, 0.15) is 32.8 Å². The number of aryl methyl sites for hydroxylation is 1. The first-order chi connectivity index (χ1) is 13.5. The van der Waals surface area contributed by atoms with Crippen LogP contribution in [-0.4, -0.2) is 34.2 Å². The fraction of sp³-hybridized carbons (Fsp3) is 0.143. The zero-order valence-corrected chi connectivity index (χ0v) is 15.9. The Bertz CT molecular complexity index is 1050. The van der Waals surface area contributed by atoms with Crippen LogP contribution in [0.5, 0.6) is 5.75 Å². The highest BCUT2D eigenvalue weighted by Gasteiger charge is 2.35. The molecule has 2 heterocycles. The van der Waals surface area contributed by atoms with Gasteiger partial charge >= 0.3 is 5.97 Å². The number of amides is 2. The first kappa shape index (κ1) is 18.1. The molecule has 0 unspecified atom stereocenters. The number of esters is 1. The van der Waals surface area contributed by atoms with Crippen molar-refractivity contribution in [3.8, 4) is 16.3 Å². The Labute approximate surface area is 165 Å². The van der Waals surface area contributed by atoms with Gasteiger partial charge in [-0.15, -0.1) is 11.3 Å². The highest BCUT2D eigenvalue weighted by atomic mass is 32.1. The first-order valence-electron chi connectivity index (χ1n) is 8.71. The predicted molar refractivity (Wildman–Crippen MR) is 104 cm³/mol. The van der Waals surface area contributed by atoms with Crippen molar-refractivity contribution in [3.05, 3.63) is 70.7 Å². The van der Waals surface area contributed by atoms with Crippen LogP contribution in [0.2, 0.25) is 0 Å². The van der Waals surface area contributed by atoms with Crippen molar-refractivity contribution < 1.29 is 19.1 Å². The Morgan fingerprint density at radius 1 is 1.07 bits per heavy atom. The zero-order valence-electron chi connectivity index (χ0n) is 15.0. The second-order valence-corrected chi connectivity index (χ2v) is 7.21. The maximum atomic E-state index is 12.3. The summed E-state index contributed by atoms with van der Waals surface area (Å²) in [6, 6.07) is 13.8. The molecule has 0 aliphatic carbocycles. The number of hydrogen-bond acceptors (Lipinski definition) is 6. The average molecular weight is 392 g/mol. The number of carbonyl (C=O) groups is 3. The summed E-state index contributed by atoms with van der Waals surface area (Å²) in [4.78, 5) is 42.4. The second kappa shape index (κ2) is 7.36. The SMILES string of the molecule is Cc1csc(-c2cccc(OC(=O)CCN3C(=O)c4ccccc4C3=O)c2)n1. The average Bonchev–Trinajstić information content (AvgIpc) is 3.23. The summed E-state index contributed by atoms with van der Waals surface area (Å²) < 4.78 is 5.38. The van der Waals surface area contributed by atoms with E-state index in [-0.39, 0.29) is 24.8 Å². The van der Waals surface area contributed by atoms with E-state index in [0.29, 0.717) is 16.9 Å². The highest BCUT2D eigenvalue weighted by molar-refractivity contribution is 7.13. The standard InChI is InChI=1S/C21H16N2O4S/c1-13-12-28-19(22-13)14-5-4-6-15(11-14)27-18(24)9-10-23-20(25)16-7-2-3-8-17(16)21(23)26/h2-8,11-12H,9-10H2,1H3. The summed E-state index contributed by atoms with van der Waals surface area (Å²) in [5, 5.41) is 2.80. The molecule has 0 radical (unpaired) electrons. The molecule has 4 rings (SSSR count). The Morgan fingerprint density at radius 2 is 1.79 bits per heavy atom. The van der Waals surface area contributed by atoms with E-state index in [0.717, 1.165) is 21.2 Å². The summed E-state index contributed by atoms with van der Waals surface area (Å²) >= 11 is 1.52. The number of ether oxygens (including phenoxy) is 1. The summed E-state index contributed by atoms with van der Waals surface area (Å²) in [5.74, 6) is -0.870. The fourth-order valence-electron chi connectivity index (χ4n) is 3.01. The van der Waals surface area contributed by atoms with Crippen LogP contribution in [0.4, 0.5) is 0 Å². The van der Waals surface area contributed by atoms with Crippen LogP contribution in [0, 0.1) is 6.92 Å². The fourth-order valence-corrected chi connectivity index (χ4v) is 3.80. The minimum absolute atomic E-state index is 0.0173. The Balaban J connectivity index is 1.39. The molecule has 1 aliphatic heterocycles. The van der Waals surface area contributed by atoms with E-state index in [1.165, 1.54) is 11.3 Å². The molecule has 7 heteroatoms. The lowest BCUT2D eigenvalue weighted by molar-refractivity contribution is -0.134. The molecule has 1 aromatic heterocycles. The smallest absolute Gasteiger partial charge is 0.312 e. The molecular weight excluding hydrogens is 376 g/mol. The molecule has 3 aromatic rings. The number of nitrogens with zero attached hydrogens (tertiary/aromatic N) is 2. The molecule has 2 aromatic carbocycles. The van der Waals surface area contributed by atoms with Crippen molar-refractivity contribution in [2.45, 2.75) is 13.3 Å². The van der Waals surface area contributed by atoms with Gasteiger partial charge in [-0.25, -0.2) is 4.98 Å². The van der Waals surface area contributed by atoms with E-state index < -0.39 is 5.97 Å². The zero-order chi connectivity index (χ0) is 19.7. The predicted octanol–water partition coefficient (Wildman–Crippen LogP) is 3.71. The van der Waals surface area contributed by atoms with Crippen molar-refractivity contribution in [2.75, 3.05) is 6.54 Å². The number of aromatic nitrogens is 1. The Hall–Kier alpha value is -3.32. The molecule has 0 N–H and O–H groups in total. The third-order valence-corrected chi connectivity index (χ3v) is 5.36. The number of rotatable bonds is 5. The van der Waals surface area contributed by atoms with E-state index in [9.17, 15) is 14.4 Å². The quantitative estimate of drug-likeness (QED) is 0.376. The van der Waals surface area contributed by atoms with Gasteiger partial charge in [0.1, 0.15) is 10.8 Å². The van der Waals surface area contributed by atoms with Gasteiger partial charge in [0.05, 0.1) is 17.5 Å². The number of thiazole rings is 1. The maximum absolute atomic E-state index is 12.3. The topological polar surface area (TPSA) is 76.6 Å². The Morgan fingerprint density at radius 3 is 2.43 bits per heavy atom. The maximum Gasteiger partial charge on any atom is 0.312 e. The van der Waals surface area contributed by atoms with Gasteiger partial charge in [-0.1, -0.05) is 24.3 Å². The van der Waals surface area contributed by atoms with Crippen molar-refractivity contribution in [1.29, 1.82) is 0 Å². The van der Waals surface area contributed by atoms with Crippen molar-refractivity contribution >= 4 is 29.1 Å². The lowest BCUT2D eigenvalue weighted by Crippen LogP contribution is -2.32. The molecule has 28 heavy (non-hydrogen) atoms. The minimum Gasteiger partial charge on any atom is -0.426 e. The van der Waals surface area contributed by atoms with Gasteiger partial charge in [-0.05, 0) is 31.2 Å². The number of fused-ring (bicyclic) bond motifs is 1. The second-order valence-electron chi connectivity index (χ2n) is 6.35. The summed E-state index contributed by atoms with van der Waals surface area (Å²) in [5.41, 5.74) is 2.53. The normalized spacial score (nSPS) is 13.0. The number of benzene rings is 2. The minimum atomic E-state index is -0.510. The third-order valence-electron chi connectivity index (χ3n) is 4.35. The van der Waals surface area contributed by atoms with Gasteiger partial charge in [0.25, 0.3) is 11.8 Å². The lowest BCUT2D eigenvalue weighted by atomic mass is 10.1. The summed E-state index contributed by atoms with van der Waals surface area (Å²) in [6.07, 6.45) is -0.0773. The molecule has 0 fully saturated rings. The molecule has 2 amide bonds. The van der Waals surface area contributed by atoms with Crippen molar-refractivity contribution in [3.63, 3.8) is 0 Å². The van der Waals surface area contributed by atoms with E-state index in [2.05, 4.69) is 4.98 Å². The van der Waals surface area contributed by atoms with E-state index in [1.807, 2.05) is 18.4 Å². The molecule has 1 aliphatic rings. The van der Waals surface area contributed by atoms with E-state index in [4.69, 9.17) is 4.74 Å². The van der Waals surface area contributed by atoms with Gasteiger partial charge in [0.2, 0.25) is 0 Å². The van der Waals surface area contributed by atoms with Crippen molar-refractivity contribution in [1.82, 2.24) is 9.88 Å². The van der Waals surface area contributed by atoms with Crippen LogP contribution in [0.15, 0.2) is 53.9 Å². The van der Waals surface area contributed by atoms with E-state index in [1.54, 1.807) is 42.5 Å². The number of carbonyl (C=O) groups excluding carboxylic acids is 3. The van der Waals surface area contributed by atoms with Gasteiger partial charge in [-0.2, -0.15) is 0 Å². The molecule has 0 bridgehead atoms. The van der Waals surface area contributed by atoms with Crippen LogP contribution < -0.4 is 4.74 Å². The van der Waals surface area contributed by atoms with Crippen LogP contribution in [0.25, 0.3) is 10.6 Å². The van der Waals surface area contributed by atoms with Crippen LogP contribution >= 0.6 is 11.3 Å². The Kier molecular flexibility index (Phi) is 4.75. The first-order valence-corrected chi connectivity index (χ1v) is 9.59. The summed E-state index contributed by atoms with van der Waals surface area (Å²) in [7, 11) is 0. The summed E-state index contributed by atoms with van der Waals surface area (Å²) in [6.45, 7) is 1.90. The van der Waals surface area contributed by atoms with Crippen molar-refractivity contribution in [2.24, 2.45) is 0 Å². The van der Waals surface area contributed by atoms with Gasteiger partial charge in [-0.3, -0.25) is 19.3 Å². The number of hydrogen-bond donors (Lipinski definition) is 0. The van der Waals surface area contributed by atoms with Crippen LogP contribution in [0.3, 0.4) is 0 Å². The molecule has 0 atom stereocenters. The van der Waals surface area contributed by atoms with E-state index >= 15 is 0 Å². The lowest BCUT2D eigenvalue weighted by Gasteiger charge is -2.13. The number of imide groups is 1. The van der Waals surface area contributed by atoms with Crippen LogP contribution in [-0.2, 0) is 4.79 Å². The monoisotopic (exact) mass is 392 g/mol. The molecule has 0 saturated heterocycles. The van der Waals surface area contributed by atoms with Gasteiger partial charge in [0, 0.05) is 23.2 Å². The molecule has 140 valence electrons. The molecule has 0 spiro atoms.